The van der Waals surface area contributed by atoms with Gasteiger partial charge in [0.25, 0.3) is 0 Å². The highest BCUT2D eigenvalue weighted by molar-refractivity contribution is 5.82. The van der Waals surface area contributed by atoms with Crippen molar-refractivity contribution >= 4 is 5.97 Å². The van der Waals surface area contributed by atoms with Gasteiger partial charge in [-0.1, -0.05) is 34.6 Å². The summed E-state index contributed by atoms with van der Waals surface area (Å²) in [7, 11) is 0. The molecular weight excluding hydrogens is 264 g/mol. The Morgan fingerprint density at radius 2 is 1.90 bits per heavy atom. The Balaban J connectivity index is 2.77. The van der Waals surface area contributed by atoms with E-state index in [-0.39, 0.29) is 11.4 Å². The zero-order valence-electron chi connectivity index (χ0n) is 14.8. The minimum absolute atomic E-state index is 0.0670. The first kappa shape index (κ1) is 18.4. The van der Waals surface area contributed by atoms with Gasteiger partial charge >= 0.3 is 5.97 Å². The maximum atomic E-state index is 12.6. The summed E-state index contributed by atoms with van der Waals surface area (Å²) >= 11 is 0. The Morgan fingerprint density at radius 1 is 1.29 bits per heavy atom. The van der Waals surface area contributed by atoms with Crippen molar-refractivity contribution in [2.24, 2.45) is 11.3 Å². The van der Waals surface area contributed by atoms with Crippen molar-refractivity contribution in [2.45, 2.75) is 59.9 Å². The maximum Gasteiger partial charge on any atom is 0.326 e. The molecule has 124 valence electrons. The van der Waals surface area contributed by atoms with Crippen LogP contribution in [0.15, 0.2) is 0 Å². The van der Waals surface area contributed by atoms with E-state index in [1.54, 1.807) is 0 Å². The van der Waals surface area contributed by atoms with Gasteiger partial charge in [-0.25, -0.2) is 0 Å². The molecule has 1 aliphatic carbocycles. The molecule has 0 aromatic heterocycles. The van der Waals surface area contributed by atoms with E-state index in [2.05, 4.69) is 44.8 Å². The second-order valence-electron chi connectivity index (χ2n) is 7.09. The molecule has 0 amide bonds. The number of hydrogen-bond donors (Lipinski definition) is 1. The fourth-order valence-electron chi connectivity index (χ4n) is 3.82. The summed E-state index contributed by atoms with van der Waals surface area (Å²) in [5.41, 5.74) is -0.318. The molecule has 21 heavy (non-hydrogen) atoms. The first-order valence-corrected chi connectivity index (χ1v) is 8.46. The summed E-state index contributed by atoms with van der Waals surface area (Å²) in [5, 5.41) is 3.57. The highest BCUT2D eigenvalue weighted by Gasteiger charge is 2.54. The average molecular weight is 298 g/mol. The van der Waals surface area contributed by atoms with Gasteiger partial charge in [0.05, 0.1) is 6.61 Å². The van der Waals surface area contributed by atoms with Crippen LogP contribution in [0.1, 0.15) is 54.4 Å². The summed E-state index contributed by atoms with van der Waals surface area (Å²) in [4.78, 5) is 15.0. The third-order valence-electron chi connectivity index (χ3n) is 4.86. The molecule has 0 aromatic carbocycles. The van der Waals surface area contributed by atoms with Gasteiger partial charge in [-0.05, 0) is 44.2 Å². The van der Waals surface area contributed by atoms with E-state index in [4.69, 9.17) is 4.74 Å². The van der Waals surface area contributed by atoms with Crippen LogP contribution in [0.4, 0.5) is 0 Å². The third kappa shape index (κ3) is 4.43. The van der Waals surface area contributed by atoms with Crippen LogP contribution in [-0.4, -0.2) is 49.2 Å². The van der Waals surface area contributed by atoms with Crippen molar-refractivity contribution in [1.29, 1.82) is 0 Å². The van der Waals surface area contributed by atoms with Gasteiger partial charge in [-0.15, -0.1) is 0 Å². The van der Waals surface area contributed by atoms with Crippen LogP contribution in [0.5, 0.6) is 0 Å². The molecule has 1 rings (SSSR count). The molecule has 0 aromatic rings. The number of esters is 1. The zero-order chi connectivity index (χ0) is 16.1. The topological polar surface area (TPSA) is 41.6 Å². The Kier molecular flexibility index (Phi) is 6.67. The predicted octanol–water partition coefficient (Wildman–Crippen LogP) is 2.68. The molecule has 0 spiro atoms. The Labute approximate surface area is 130 Å². The summed E-state index contributed by atoms with van der Waals surface area (Å²) in [6.07, 6.45) is 1.92. The molecule has 2 atom stereocenters. The van der Waals surface area contributed by atoms with Crippen molar-refractivity contribution in [1.82, 2.24) is 10.2 Å². The number of ether oxygens (including phenoxy) is 1. The van der Waals surface area contributed by atoms with Crippen molar-refractivity contribution in [3.05, 3.63) is 0 Å². The van der Waals surface area contributed by atoms with Crippen molar-refractivity contribution in [3.8, 4) is 0 Å². The lowest BCUT2D eigenvalue weighted by molar-refractivity contribution is -0.153. The lowest BCUT2D eigenvalue weighted by Gasteiger charge is -2.34. The van der Waals surface area contributed by atoms with Gasteiger partial charge < -0.3 is 15.0 Å². The number of rotatable bonds is 8. The van der Waals surface area contributed by atoms with E-state index in [1.807, 2.05) is 6.92 Å². The van der Waals surface area contributed by atoms with E-state index in [0.29, 0.717) is 12.5 Å². The largest absolute Gasteiger partial charge is 0.465 e. The average Bonchev–Trinajstić information content (AvgIpc) is 2.65. The molecule has 1 saturated carbocycles. The standard InChI is InChI=1S/C17H34N2O2/c1-7-19(8-2)11-10-18-17(15(20)21-9-3)13-16(5,6)12-14(17)4/h14,18H,7-13H2,1-6H3. The first-order chi connectivity index (χ1) is 9.81. The number of nitrogens with one attached hydrogen (secondary N) is 1. The monoisotopic (exact) mass is 298 g/mol. The molecule has 0 radical (unpaired) electrons. The van der Waals surface area contributed by atoms with Gasteiger partial charge in [0.2, 0.25) is 0 Å². The fourth-order valence-corrected chi connectivity index (χ4v) is 3.82. The van der Waals surface area contributed by atoms with Crippen molar-refractivity contribution < 1.29 is 9.53 Å². The van der Waals surface area contributed by atoms with Crippen LogP contribution in [0.3, 0.4) is 0 Å². The van der Waals surface area contributed by atoms with Gasteiger partial charge in [-0.3, -0.25) is 4.79 Å². The van der Waals surface area contributed by atoms with E-state index < -0.39 is 5.54 Å². The van der Waals surface area contributed by atoms with Crippen LogP contribution >= 0.6 is 0 Å². The molecule has 1 N–H and O–H groups in total. The number of carbonyl (C=O) groups is 1. The van der Waals surface area contributed by atoms with E-state index >= 15 is 0 Å². The number of likely N-dealkylation sites (N-methyl/N-ethyl adjacent to an activating group) is 1. The fraction of sp³-hybridized carbons (Fsp3) is 0.941. The highest BCUT2D eigenvalue weighted by atomic mass is 16.5. The van der Waals surface area contributed by atoms with Gasteiger partial charge in [-0.2, -0.15) is 0 Å². The lowest BCUT2D eigenvalue weighted by Crippen LogP contribution is -2.56. The normalized spacial score (nSPS) is 28.0. The number of hydrogen-bond acceptors (Lipinski definition) is 4. The molecule has 1 aliphatic rings. The summed E-state index contributed by atoms with van der Waals surface area (Å²) in [6.45, 7) is 17.2. The molecule has 0 heterocycles. The van der Waals surface area contributed by atoms with E-state index in [9.17, 15) is 4.79 Å². The number of nitrogens with zero attached hydrogens (tertiary/aromatic N) is 1. The van der Waals surface area contributed by atoms with Crippen LogP contribution in [0.25, 0.3) is 0 Å². The zero-order valence-corrected chi connectivity index (χ0v) is 14.8. The molecule has 2 unspecified atom stereocenters. The maximum absolute atomic E-state index is 12.6. The van der Waals surface area contributed by atoms with Crippen molar-refractivity contribution in [3.63, 3.8) is 0 Å². The molecule has 0 aliphatic heterocycles. The second-order valence-corrected chi connectivity index (χ2v) is 7.09. The van der Waals surface area contributed by atoms with E-state index in [0.717, 1.165) is 39.0 Å². The highest BCUT2D eigenvalue weighted by Crippen LogP contribution is 2.48. The molecule has 0 saturated heterocycles. The second kappa shape index (κ2) is 7.59. The SMILES string of the molecule is CCOC(=O)C1(NCCN(CC)CC)CC(C)(C)CC1C. The molecule has 0 bridgehead atoms. The van der Waals surface area contributed by atoms with Crippen molar-refractivity contribution in [2.75, 3.05) is 32.8 Å². The summed E-state index contributed by atoms with van der Waals surface area (Å²) < 4.78 is 5.39. The Hall–Kier alpha value is -0.610. The van der Waals surface area contributed by atoms with Crippen LogP contribution in [0, 0.1) is 11.3 Å². The summed E-state index contributed by atoms with van der Waals surface area (Å²) in [5.74, 6) is 0.242. The van der Waals surface area contributed by atoms with Crippen LogP contribution in [0.2, 0.25) is 0 Å². The van der Waals surface area contributed by atoms with E-state index in [1.165, 1.54) is 0 Å². The summed E-state index contributed by atoms with van der Waals surface area (Å²) in [6, 6.07) is 0. The first-order valence-electron chi connectivity index (χ1n) is 8.46. The molecular formula is C17H34N2O2. The smallest absolute Gasteiger partial charge is 0.326 e. The predicted molar refractivity (Wildman–Crippen MR) is 87.3 cm³/mol. The minimum atomic E-state index is -0.507. The Morgan fingerprint density at radius 3 is 2.33 bits per heavy atom. The molecule has 1 fully saturated rings. The van der Waals surface area contributed by atoms with Gasteiger partial charge in [0.1, 0.15) is 5.54 Å². The molecule has 4 heteroatoms. The van der Waals surface area contributed by atoms with Gasteiger partial charge in [0.15, 0.2) is 0 Å². The van der Waals surface area contributed by atoms with Crippen LogP contribution in [-0.2, 0) is 9.53 Å². The van der Waals surface area contributed by atoms with Crippen LogP contribution < -0.4 is 5.32 Å². The molecule has 4 nitrogen and oxygen atoms in total. The minimum Gasteiger partial charge on any atom is -0.465 e. The number of carbonyl (C=O) groups excluding carboxylic acids is 1. The van der Waals surface area contributed by atoms with Gasteiger partial charge in [0, 0.05) is 13.1 Å². The quantitative estimate of drug-likeness (QED) is 0.700. The third-order valence-corrected chi connectivity index (χ3v) is 4.86. The lowest BCUT2D eigenvalue weighted by atomic mass is 9.86. The Bertz CT molecular complexity index is 340.